The number of alkyl halides is 1. The summed E-state index contributed by atoms with van der Waals surface area (Å²) in [6.07, 6.45) is 22.6. The first kappa shape index (κ1) is 17.2. The van der Waals surface area contributed by atoms with Crippen LogP contribution < -0.4 is 0 Å². The zero-order valence-electron chi connectivity index (χ0n) is 11.5. The lowest BCUT2D eigenvalue weighted by atomic mass is 10.1. The molecule has 0 atom stereocenters. The lowest BCUT2D eigenvalue weighted by molar-refractivity contribution is 0.614. The Balaban J connectivity index is 3.11. The van der Waals surface area contributed by atoms with E-state index in [4.69, 9.17) is 0 Å². The molecular weight excluding hydrogens is 319 g/mol. The van der Waals surface area contributed by atoms with Crippen LogP contribution in [0.25, 0.3) is 0 Å². The lowest BCUT2D eigenvalue weighted by Crippen LogP contribution is -1.79. The minimum Gasteiger partial charge on any atom is -0.0864 e. The van der Waals surface area contributed by atoms with Gasteiger partial charge in [-0.25, -0.2) is 0 Å². The van der Waals surface area contributed by atoms with Crippen LogP contribution in [0.3, 0.4) is 0 Å². The Morgan fingerprint density at radius 3 is 1.82 bits per heavy atom. The summed E-state index contributed by atoms with van der Waals surface area (Å²) in [7, 11) is 0. The number of rotatable bonds is 12. The standard InChI is InChI=1S/C16H29I/c1-2-3-4-5-6-7-8-9-10-11-12-13-14-15-16-17/h5-8H,2-4,9-16H2,1H3/b6-5+,8-7+. The summed E-state index contributed by atoms with van der Waals surface area (Å²) in [5, 5.41) is 0. The van der Waals surface area contributed by atoms with Crippen molar-refractivity contribution in [1.82, 2.24) is 0 Å². The van der Waals surface area contributed by atoms with E-state index < -0.39 is 0 Å². The van der Waals surface area contributed by atoms with Crippen LogP contribution in [0.5, 0.6) is 0 Å². The fraction of sp³-hybridized carbons (Fsp3) is 0.750. The van der Waals surface area contributed by atoms with E-state index in [1.165, 1.54) is 68.6 Å². The van der Waals surface area contributed by atoms with Crippen molar-refractivity contribution in [2.45, 2.75) is 71.1 Å². The minimum atomic E-state index is 1.23. The smallest absolute Gasteiger partial charge is 0.000473 e. The molecule has 0 amide bonds. The van der Waals surface area contributed by atoms with Gasteiger partial charge >= 0.3 is 0 Å². The number of allylic oxidation sites excluding steroid dienone is 4. The predicted octanol–water partition coefficient (Wildman–Crippen LogP) is 6.45. The van der Waals surface area contributed by atoms with Crippen LogP contribution in [0.1, 0.15) is 71.1 Å². The van der Waals surface area contributed by atoms with Gasteiger partial charge in [-0.05, 0) is 30.1 Å². The predicted molar refractivity (Wildman–Crippen MR) is 89.0 cm³/mol. The summed E-state index contributed by atoms with van der Waals surface area (Å²) in [5.74, 6) is 0. The number of unbranched alkanes of at least 4 members (excludes halogenated alkanes) is 8. The van der Waals surface area contributed by atoms with Gasteiger partial charge in [-0.15, -0.1) is 0 Å². The molecule has 0 N–H and O–H groups in total. The van der Waals surface area contributed by atoms with Crippen molar-refractivity contribution in [3.05, 3.63) is 24.3 Å². The van der Waals surface area contributed by atoms with Crippen LogP contribution in [-0.4, -0.2) is 4.43 Å². The highest BCUT2D eigenvalue weighted by molar-refractivity contribution is 14.1. The van der Waals surface area contributed by atoms with Crippen LogP contribution in [-0.2, 0) is 0 Å². The third-order valence-electron chi connectivity index (χ3n) is 2.86. The number of hydrogen-bond donors (Lipinski definition) is 0. The van der Waals surface area contributed by atoms with Gasteiger partial charge < -0.3 is 0 Å². The van der Waals surface area contributed by atoms with Crippen molar-refractivity contribution < 1.29 is 0 Å². The third-order valence-corrected chi connectivity index (χ3v) is 3.62. The van der Waals surface area contributed by atoms with E-state index >= 15 is 0 Å². The molecule has 0 aliphatic carbocycles. The van der Waals surface area contributed by atoms with Gasteiger partial charge in [0.2, 0.25) is 0 Å². The summed E-state index contributed by atoms with van der Waals surface area (Å²) >= 11 is 2.47. The Morgan fingerprint density at radius 1 is 0.706 bits per heavy atom. The zero-order valence-corrected chi connectivity index (χ0v) is 13.6. The molecule has 17 heavy (non-hydrogen) atoms. The molecule has 0 rings (SSSR count). The van der Waals surface area contributed by atoms with Gasteiger partial charge in [-0.3, -0.25) is 0 Å². The number of halogens is 1. The molecule has 0 heterocycles. The van der Waals surface area contributed by atoms with E-state index in [0.29, 0.717) is 0 Å². The zero-order chi connectivity index (χ0) is 12.6. The van der Waals surface area contributed by atoms with E-state index in [0.717, 1.165) is 0 Å². The van der Waals surface area contributed by atoms with Crippen molar-refractivity contribution >= 4 is 22.6 Å². The van der Waals surface area contributed by atoms with Crippen LogP contribution in [0, 0.1) is 0 Å². The maximum Gasteiger partial charge on any atom is -0.000473 e. The average Bonchev–Trinajstić information content (AvgIpc) is 2.35. The molecule has 1 heteroatoms. The summed E-state index contributed by atoms with van der Waals surface area (Å²) in [6, 6.07) is 0. The Bertz CT molecular complexity index is 182. The molecule has 100 valence electrons. The van der Waals surface area contributed by atoms with Gasteiger partial charge in [0.05, 0.1) is 0 Å². The Hall–Kier alpha value is 0.210. The highest BCUT2D eigenvalue weighted by Crippen LogP contribution is 2.08. The molecule has 0 radical (unpaired) electrons. The SMILES string of the molecule is CCCC/C=C/C=C/CCCCCCCCI. The monoisotopic (exact) mass is 348 g/mol. The van der Waals surface area contributed by atoms with Crippen LogP contribution in [0.2, 0.25) is 0 Å². The maximum atomic E-state index is 2.47. The van der Waals surface area contributed by atoms with E-state index in [-0.39, 0.29) is 0 Å². The van der Waals surface area contributed by atoms with Gasteiger partial charge in [0, 0.05) is 0 Å². The molecule has 0 aliphatic rings. The first-order chi connectivity index (χ1) is 8.41. The Kier molecular flexibility index (Phi) is 16.4. The molecule has 0 fully saturated rings. The second kappa shape index (κ2) is 16.2. The first-order valence-corrected chi connectivity index (χ1v) is 8.82. The van der Waals surface area contributed by atoms with Crippen molar-refractivity contribution in [1.29, 1.82) is 0 Å². The van der Waals surface area contributed by atoms with Crippen LogP contribution >= 0.6 is 22.6 Å². The largest absolute Gasteiger partial charge is 0.0864 e. The fourth-order valence-corrected chi connectivity index (χ4v) is 2.27. The van der Waals surface area contributed by atoms with E-state index in [2.05, 4.69) is 53.8 Å². The summed E-state index contributed by atoms with van der Waals surface area (Å²) in [4.78, 5) is 0. The van der Waals surface area contributed by atoms with Crippen LogP contribution in [0.4, 0.5) is 0 Å². The molecule has 0 spiro atoms. The van der Waals surface area contributed by atoms with Gasteiger partial charge in [0.25, 0.3) is 0 Å². The number of hydrogen-bond acceptors (Lipinski definition) is 0. The molecule has 0 aliphatic heterocycles. The summed E-state index contributed by atoms with van der Waals surface area (Å²) in [6.45, 7) is 2.24. The Morgan fingerprint density at radius 2 is 1.24 bits per heavy atom. The molecule has 0 bridgehead atoms. The molecule has 0 nitrogen and oxygen atoms in total. The Labute approximate surface area is 122 Å². The summed E-state index contributed by atoms with van der Waals surface area (Å²) in [5.41, 5.74) is 0. The summed E-state index contributed by atoms with van der Waals surface area (Å²) < 4.78 is 1.32. The molecule has 0 aromatic rings. The third kappa shape index (κ3) is 16.2. The fourth-order valence-electron chi connectivity index (χ4n) is 1.74. The van der Waals surface area contributed by atoms with Gasteiger partial charge in [0.15, 0.2) is 0 Å². The van der Waals surface area contributed by atoms with Crippen molar-refractivity contribution in [2.24, 2.45) is 0 Å². The average molecular weight is 348 g/mol. The lowest BCUT2D eigenvalue weighted by Gasteiger charge is -1.98. The van der Waals surface area contributed by atoms with Crippen molar-refractivity contribution in [2.75, 3.05) is 4.43 Å². The molecule has 0 saturated heterocycles. The van der Waals surface area contributed by atoms with Gasteiger partial charge in [0.1, 0.15) is 0 Å². The van der Waals surface area contributed by atoms with E-state index in [9.17, 15) is 0 Å². The van der Waals surface area contributed by atoms with Crippen LogP contribution in [0.15, 0.2) is 24.3 Å². The molecule has 0 aromatic carbocycles. The van der Waals surface area contributed by atoms with Crippen molar-refractivity contribution in [3.63, 3.8) is 0 Å². The maximum absolute atomic E-state index is 2.47. The minimum absolute atomic E-state index is 1.23. The molecule has 0 saturated carbocycles. The van der Waals surface area contributed by atoms with E-state index in [1.807, 2.05) is 0 Å². The second-order valence-corrected chi connectivity index (χ2v) is 5.68. The topological polar surface area (TPSA) is 0 Å². The van der Waals surface area contributed by atoms with Gasteiger partial charge in [-0.1, -0.05) is 92.3 Å². The molecular formula is C16H29I. The first-order valence-electron chi connectivity index (χ1n) is 7.29. The highest BCUT2D eigenvalue weighted by atomic mass is 127. The normalized spacial score (nSPS) is 11.9. The van der Waals surface area contributed by atoms with Crippen molar-refractivity contribution in [3.8, 4) is 0 Å². The quantitative estimate of drug-likeness (QED) is 0.164. The highest BCUT2D eigenvalue weighted by Gasteiger charge is 1.89. The van der Waals surface area contributed by atoms with E-state index in [1.54, 1.807) is 0 Å². The molecule has 0 aromatic heterocycles. The van der Waals surface area contributed by atoms with Gasteiger partial charge in [-0.2, -0.15) is 0 Å². The second-order valence-electron chi connectivity index (χ2n) is 4.60. The molecule has 0 unspecified atom stereocenters.